The molecule has 0 spiro atoms. The van der Waals surface area contributed by atoms with Gasteiger partial charge in [0.25, 0.3) is 0 Å². The van der Waals surface area contributed by atoms with Crippen LogP contribution in [0.3, 0.4) is 0 Å². The Balaban J connectivity index is 1.60. The molecule has 0 bridgehead atoms. The first-order chi connectivity index (χ1) is 17.6. The molecule has 8 nitrogen and oxygen atoms in total. The van der Waals surface area contributed by atoms with E-state index in [2.05, 4.69) is 16.4 Å². The smallest absolute Gasteiger partial charge is 0.410 e. The summed E-state index contributed by atoms with van der Waals surface area (Å²) < 4.78 is 17.4. The highest BCUT2D eigenvalue weighted by molar-refractivity contribution is 6.42. The Kier molecular flexibility index (Phi) is 7.86. The molecule has 2 heterocycles. The van der Waals surface area contributed by atoms with Crippen molar-refractivity contribution >= 4 is 51.6 Å². The van der Waals surface area contributed by atoms with Crippen LogP contribution in [0, 0.1) is 11.3 Å². The number of anilines is 2. The molecule has 1 aromatic heterocycles. The molecule has 0 atom stereocenters. The Morgan fingerprint density at radius 3 is 2.49 bits per heavy atom. The number of nitrogens with zero attached hydrogens (tertiary/aromatic N) is 3. The van der Waals surface area contributed by atoms with Crippen molar-refractivity contribution in [3.8, 4) is 17.6 Å². The fraction of sp³-hybridized carbons (Fsp3) is 0.370. The molecule has 3 aromatic rings. The Labute approximate surface area is 226 Å². The highest BCUT2D eigenvalue weighted by atomic mass is 35.5. The minimum Gasteiger partial charge on any atom is -0.493 e. The zero-order valence-electron chi connectivity index (χ0n) is 21.1. The van der Waals surface area contributed by atoms with Crippen LogP contribution in [0.1, 0.15) is 39.2 Å². The number of carbonyl (C=O) groups is 1. The maximum atomic E-state index is 12.4. The molecule has 1 amide bonds. The van der Waals surface area contributed by atoms with Crippen LogP contribution in [0.4, 0.5) is 16.2 Å². The number of hydrogen-bond donors (Lipinski definition) is 1. The van der Waals surface area contributed by atoms with Crippen LogP contribution in [0.15, 0.2) is 36.5 Å². The van der Waals surface area contributed by atoms with E-state index in [1.54, 1.807) is 36.3 Å². The number of carbonyl (C=O) groups excluding carboxylic acids is 1. The number of methoxy groups -OCH3 is 1. The maximum absolute atomic E-state index is 12.4. The van der Waals surface area contributed by atoms with Crippen LogP contribution in [-0.4, -0.2) is 47.9 Å². The lowest BCUT2D eigenvalue weighted by Crippen LogP contribution is -2.44. The van der Waals surface area contributed by atoms with Gasteiger partial charge in [-0.15, -0.1) is 0 Å². The van der Waals surface area contributed by atoms with E-state index in [0.29, 0.717) is 75.3 Å². The van der Waals surface area contributed by atoms with Crippen LogP contribution < -0.4 is 14.8 Å². The second-order valence-corrected chi connectivity index (χ2v) is 10.5. The Hall–Kier alpha value is -3.41. The number of pyridine rings is 1. The molecule has 1 N–H and O–H groups in total. The number of aromatic nitrogens is 1. The summed E-state index contributed by atoms with van der Waals surface area (Å²) in [7, 11) is 1.57. The monoisotopic (exact) mass is 542 g/mol. The third-order valence-corrected chi connectivity index (χ3v) is 6.59. The first kappa shape index (κ1) is 26.6. The number of halogens is 2. The van der Waals surface area contributed by atoms with E-state index in [9.17, 15) is 10.1 Å². The van der Waals surface area contributed by atoms with Gasteiger partial charge in [0.2, 0.25) is 0 Å². The first-order valence-electron chi connectivity index (χ1n) is 11.9. The fourth-order valence-electron chi connectivity index (χ4n) is 4.05. The lowest BCUT2D eigenvalue weighted by atomic mass is 10.1. The van der Waals surface area contributed by atoms with Gasteiger partial charge in [-0.3, -0.25) is 4.98 Å². The summed E-state index contributed by atoms with van der Waals surface area (Å²) in [5.41, 5.74) is 1.69. The second kappa shape index (κ2) is 10.9. The number of nitrogens with one attached hydrogen (secondary N) is 1. The number of piperidine rings is 1. The van der Waals surface area contributed by atoms with E-state index in [1.807, 2.05) is 26.8 Å². The molecule has 194 valence electrons. The summed E-state index contributed by atoms with van der Waals surface area (Å²) in [4.78, 5) is 18.5. The minimum atomic E-state index is -0.539. The molecular weight excluding hydrogens is 515 g/mol. The zero-order valence-corrected chi connectivity index (χ0v) is 22.6. The topological polar surface area (TPSA) is 96.7 Å². The lowest BCUT2D eigenvalue weighted by molar-refractivity contribution is 0.0124. The van der Waals surface area contributed by atoms with Gasteiger partial charge >= 0.3 is 6.09 Å². The van der Waals surface area contributed by atoms with E-state index in [4.69, 9.17) is 37.4 Å². The van der Waals surface area contributed by atoms with E-state index >= 15 is 0 Å². The molecule has 0 unspecified atom stereocenters. The molecule has 0 saturated carbocycles. The molecule has 1 saturated heterocycles. The average Bonchev–Trinajstić information content (AvgIpc) is 2.85. The number of amides is 1. The van der Waals surface area contributed by atoms with E-state index in [1.165, 1.54) is 6.20 Å². The molecular formula is C27H28Cl2N4O4. The van der Waals surface area contributed by atoms with Crippen LogP contribution in [-0.2, 0) is 4.74 Å². The van der Waals surface area contributed by atoms with Crippen molar-refractivity contribution in [3.05, 3.63) is 52.1 Å². The van der Waals surface area contributed by atoms with Gasteiger partial charge in [0, 0.05) is 49.3 Å². The highest BCUT2D eigenvalue weighted by Gasteiger charge is 2.28. The molecule has 2 aromatic carbocycles. The second-order valence-electron chi connectivity index (χ2n) is 9.72. The Morgan fingerprint density at radius 2 is 1.86 bits per heavy atom. The summed E-state index contributed by atoms with van der Waals surface area (Å²) in [5, 5.41) is 14.5. The van der Waals surface area contributed by atoms with E-state index in [-0.39, 0.29) is 12.2 Å². The van der Waals surface area contributed by atoms with Crippen molar-refractivity contribution in [1.82, 2.24) is 9.88 Å². The number of likely N-dealkylation sites (tertiary alicyclic amines) is 1. The van der Waals surface area contributed by atoms with Gasteiger partial charge in [-0.1, -0.05) is 23.2 Å². The SMILES string of the molecule is COc1cc2ncc(C#N)c(Nc3ccc(Cl)c(Cl)c3)c2cc1OC1CCN(C(=O)OC(C)(C)C)CC1. The third-order valence-electron chi connectivity index (χ3n) is 5.85. The number of ether oxygens (including phenoxy) is 3. The zero-order chi connectivity index (χ0) is 26.7. The summed E-state index contributed by atoms with van der Waals surface area (Å²) in [5.74, 6) is 1.06. The van der Waals surface area contributed by atoms with Crippen molar-refractivity contribution in [2.75, 3.05) is 25.5 Å². The van der Waals surface area contributed by atoms with Crippen LogP contribution in [0.5, 0.6) is 11.5 Å². The molecule has 4 rings (SSSR count). The van der Waals surface area contributed by atoms with Crippen LogP contribution in [0.2, 0.25) is 10.0 Å². The normalized spacial score (nSPS) is 14.2. The van der Waals surface area contributed by atoms with Gasteiger partial charge in [-0.25, -0.2) is 4.79 Å². The molecule has 0 radical (unpaired) electrons. The summed E-state index contributed by atoms with van der Waals surface area (Å²) in [6.45, 7) is 6.61. The minimum absolute atomic E-state index is 0.122. The number of hydrogen-bond acceptors (Lipinski definition) is 7. The molecule has 0 aliphatic carbocycles. The van der Waals surface area contributed by atoms with Gasteiger partial charge in [0.15, 0.2) is 11.5 Å². The van der Waals surface area contributed by atoms with Gasteiger partial charge in [-0.2, -0.15) is 5.26 Å². The number of rotatable bonds is 5. The van der Waals surface area contributed by atoms with E-state index in [0.717, 1.165) is 0 Å². The van der Waals surface area contributed by atoms with Crippen molar-refractivity contribution in [2.45, 2.75) is 45.3 Å². The largest absolute Gasteiger partial charge is 0.493 e. The quantitative estimate of drug-likeness (QED) is 0.372. The van der Waals surface area contributed by atoms with Crippen LogP contribution >= 0.6 is 23.2 Å². The fourth-order valence-corrected chi connectivity index (χ4v) is 4.35. The summed E-state index contributed by atoms with van der Waals surface area (Å²) in [6, 6.07) is 10.9. The first-order valence-corrected chi connectivity index (χ1v) is 12.6. The van der Waals surface area contributed by atoms with Crippen molar-refractivity contribution in [2.24, 2.45) is 0 Å². The van der Waals surface area contributed by atoms with Crippen LogP contribution in [0.25, 0.3) is 10.9 Å². The number of benzene rings is 2. The molecule has 10 heteroatoms. The van der Waals surface area contributed by atoms with Crippen molar-refractivity contribution in [1.29, 1.82) is 5.26 Å². The summed E-state index contributed by atoms with van der Waals surface area (Å²) in [6.07, 6.45) is 2.36. The van der Waals surface area contributed by atoms with E-state index < -0.39 is 5.60 Å². The maximum Gasteiger partial charge on any atom is 0.410 e. The van der Waals surface area contributed by atoms with Gasteiger partial charge in [-0.05, 0) is 45.0 Å². The van der Waals surface area contributed by atoms with Crippen molar-refractivity contribution in [3.63, 3.8) is 0 Å². The highest BCUT2D eigenvalue weighted by Crippen LogP contribution is 2.39. The predicted molar refractivity (Wildman–Crippen MR) is 144 cm³/mol. The Bertz CT molecular complexity index is 1360. The predicted octanol–water partition coefficient (Wildman–Crippen LogP) is 6.94. The Morgan fingerprint density at radius 1 is 1.14 bits per heavy atom. The third kappa shape index (κ3) is 6.30. The summed E-state index contributed by atoms with van der Waals surface area (Å²) >= 11 is 12.2. The lowest BCUT2D eigenvalue weighted by Gasteiger charge is -2.33. The van der Waals surface area contributed by atoms with Gasteiger partial charge in [0.1, 0.15) is 17.8 Å². The molecule has 1 fully saturated rings. The molecule has 1 aliphatic heterocycles. The number of fused-ring (bicyclic) bond motifs is 1. The van der Waals surface area contributed by atoms with Gasteiger partial charge < -0.3 is 24.4 Å². The standard InChI is InChI=1S/C27H28Cl2N4O4/c1-27(2,3)37-26(34)33-9-7-18(8-10-33)36-24-12-19-22(13-23(24)35-4)31-15-16(14-30)25(19)32-17-5-6-20(28)21(29)11-17/h5-6,11-13,15,18H,7-10H2,1-4H3,(H,31,32). The number of nitriles is 1. The molecule has 37 heavy (non-hydrogen) atoms. The van der Waals surface area contributed by atoms with Gasteiger partial charge in [0.05, 0.1) is 33.9 Å². The average molecular weight is 543 g/mol. The molecule has 1 aliphatic rings. The van der Waals surface area contributed by atoms with Crippen molar-refractivity contribution < 1.29 is 19.0 Å².